The van der Waals surface area contributed by atoms with E-state index in [1.54, 1.807) is 0 Å². The van der Waals surface area contributed by atoms with Crippen molar-refractivity contribution in [3.05, 3.63) is 0 Å². The Hall–Kier alpha value is -0.0400. The molecule has 0 aromatic heterocycles. The van der Waals surface area contributed by atoms with Gasteiger partial charge in [-0.3, -0.25) is 0 Å². The molecule has 11 heavy (non-hydrogen) atoms. The van der Waals surface area contributed by atoms with Crippen LogP contribution in [0.1, 0.15) is 46.0 Å². The second-order valence-electron chi connectivity index (χ2n) is 3.84. The molecule has 1 saturated carbocycles. The quantitative estimate of drug-likeness (QED) is 0.651. The third-order valence-electron chi connectivity index (χ3n) is 3.26. The Morgan fingerprint density at radius 3 is 2.36 bits per heavy atom. The normalized spacial score (nSPS) is 39.0. The van der Waals surface area contributed by atoms with Gasteiger partial charge in [-0.25, -0.2) is 0 Å². The Morgan fingerprint density at radius 2 is 1.91 bits per heavy atom. The number of nitrogens with two attached hydrogens (primary N) is 1. The van der Waals surface area contributed by atoms with Gasteiger partial charge in [-0.05, 0) is 18.3 Å². The summed E-state index contributed by atoms with van der Waals surface area (Å²) in [5, 5.41) is 0. The zero-order valence-electron chi connectivity index (χ0n) is 7.84. The van der Waals surface area contributed by atoms with Crippen LogP contribution in [0.3, 0.4) is 0 Å². The highest BCUT2D eigenvalue weighted by Gasteiger charge is 2.27. The summed E-state index contributed by atoms with van der Waals surface area (Å²) in [6.07, 6.45) is 6.64. The molecule has 0 radical (unpaired) electrons. The minimum Gasteiger partial charge on any atom is -0.327 e. The van der Waals surface area contributed by atoms with Gasteiger partial charge in [0.25, 0.3) is 0 Å². The lowest BCUT2D eigenvalue weighted by molar-refractivity contribution is 0.193. The van der Waals surface area contributed by atoms with E-state index in [0.29, 0.717) is 6.04 Å². The van der Waals surface area contributed by atoms with Crippen LogP contribution >= 0.6 is 0 Å². The molecule has 2 N–H and O–H groups in total. The fraction of sp³-hybridized carbons (Fsp3) is 1.00. The van der Waals surface area contributed by atoms with Crippen LogP contribution < -0.4 is 5.73 Å². The van der Waals surface area contributed by atoms with Crippen LogP contribution in [-0.2, 0) is 0 Å². The summed E-state index contributed by atoms with van der Waals surface area (Å²) in [5.74, 6) is 1.73. The molecular weight excluding hydrogens is 134 g/mol. The van der Waals surface area contributed by atoms with Gasteiger partial charge in [0.1, 0.15) is 0 Å². The molecule has 0 heterocycles. The lowest BCUT2D eigenvalue weighted by Gasteiger charge is -2.35. The first-order valence-electron chi connectivity index (χ1n) is 5.05. The summed E-state index contributed by atoms with van der Waals surface area (Å²) in [6.45, 7) is 4.57. The molecule has 0 spiro atoms. The highest BCUT2D eigenvalue weighted by atomic mass is 14.7. The maximum absolute atomic E-state index is 6.06. The highest BCUT2D eigenvalue weighted by Crippen LogP contribution is 2.33. The average Bonchev–Trinajstić information content (AvgIpc) is 2.04. The Bertz CT molecular complexity index is 111. The van der Waals surface area contributed by atoms with Crippen molar-refractivity contribution in [1.29, 1.82) is 0 Å². The molecule has 3 atom stereocenters. The standard InChI is InChI=1S/C10H21N/c1-3-8-6-5-7-10(11)9(8)4-2/h8-10H,3-7,11H2,1-2H3. The SMILES string of the molecule is CCC1CCCC(N)C1CC. The van der Waals surface area contributed by atoms with Crippen molar-refractivity contribution in [2.45, 2.75) is 52.0 Å². The summed E-state index contributed by atoms with van der Waals surface area (Å²) in [5.41, 5.74) is 6.06. The van der Waals surface area contributed by atoms with Crippen molar-refractivity contribution >= 4 is 0 Å². The zero-order valence-corrected chi connectivity index (χ0v) is 7.84. The van der Waals surface area contributed by atoms with Crippen LogP contribution in [0, 0.1) is 11.8 Å². The Balaban J connectivity index is 2.48. The highest BCUT2D eigenvalue weighted by molar-refractivity contribution is 4.82. The van der Waals surface area contributed by atoms with Crippen LogP contribution in [0.2, 0.25) is 0 Å². The van der Waals surface area contributed by atoms with Crippen molar-refractivity contribution in [2.75, 3.05) is 0 Å². The van der Waals surface area contributed by atoms with E-state index >= 15 is 0 Å². The molecule has 3 unspecified atom stereocenters. The predicted molar refractivity (Wildman–Crippen MR) is 49.4 cm³/mol. The average molecular weight is 155 g/mol. The monoisotopic (exact) mass is 155 g/mol. The van der Waals surface area contributed by atoms with Crippen LogP contribution in [0.5, 0.6) is 0 Å². The van der Waals surface area contributed by atoms with E-state index in [4.69, 9.17) is 5.73 Å². The van der Waals surface area contributed by atoms with Crippen molar-refractivity contribution in [3.63, 3.8) is 0 Å². The van der Waals surface area contributed by atoms with Crippen molar-refractivity contribution < 1.29 is 0 Å². The third-order valence-corrected chi connectivity index (χ3v) is 3.26. The zero-order chi connectivity index (χ0) is 8.27. The molecule has 0 aromatic carbocycles. The summed E-state index contributed by atoms with van der Waals surface area (Å²) in [6, 6.07) is 0.499. The van der Waals surface area contributed by atoms with E-state index in [1.807, 2.05) is 0 Å². The van der Waals surface area contributed by atoms with E-state index in [2.05, 4.69) is 13.8 Å². The van der Waals surface area contributed by atoms with Gasteiger partial charge in [0, 0.05) is 6.04 Å². The molecule has 0 amide bonds. The van der Waals surface area contributed by atoms with Gasteiger partial charge >= 0.3 is 0 Å². The molecule has 1 aliphatic rings. The smallest absolute Gasteiger partial charge is 0.00697 e. The molecule has 0 aromatic rings. The van der Waals surface area contributed by atoms with E-state index in [-0.39, 0.29) is 0 Å². The second kappa shape index (κ2) is 4.10. The van der Waals surface area contributed by atoms with Crippen LogP contribution in [0.4, 0.5) is 0 Å². The van der Waals surface area contributed by atoms with Gasteiger partial charge < -0.3 is 5.73 Å². The summed E-state index contributed by atoms with van der Waals surface area (Å²) in [4.78, 5) is 0. The topological polar surface area (TPSA) is 26.0 Å². The Labute approximate surface area is 70.4 Å². The van der Waals surface area contributed by atoms with Crippen LogP contribution in [0.25, 0.3) is 0 Å². The van der Waals surface area contributed by atoms with Gasteiger partial charge in [-0.1, -0.05) is 39.5 Å². The summed E-state index contributed by atoms with van der Waals surface area (Å²) >= 11 is 0. The van der Waals surface area contributed by atoms with E-state index in [9.17, 15) is 0 Å². The molecule has 0 bridgehead atoms. The Kier molecular flexibility index (Phi) is 3.38. The molecule has 0 saturated heterocycles. The van der Waals surface area contributed by atoms with Gasteiger partial charge in [-0.2, -0.15) is 0 Å². The first kappa shape index (κ1) is 9.05. The second-order valence-corrected chi connectivity index (χ2v) is 3.84. The lowest BCUT2D eigenvalue weighted by Crippen LogP contribution is -2.38. The largest absolute Gasteiger partial charge is 0.327 e. The lowest BCUT2D eigenvalue weighted by atomic mass is 9.74. The summed E-state index contributed by atoms with van der Waals surface area (Å²) in [7, 11) is 0. The Morgan fingerprint density at radius 1 is 1.18 bits per heavy atom. The number of hydrogen-bond acceptors (Lipinski definition) is 1. The van der Waals surface area contributed by atoms with Gasteiger partial charge in [0.15, 0.2) is 0 Å². The molecule has 1 nitrogen and oxygen atoms in total. The first-order chi connectivity index (χ1) is 5.29. The maximum atomic E-state index is 6.06. The minimum atomic E-state index is 0.499. The molecule has 1 fully saturated rings. The van der Waals surface area contributed by atoms with Crippen molar-refractivity contribution in [2.24, 2.45) is 17.6 Å². The first-order valence-corrected chi connectivity index (χ1v) is 5.05. The van der Waals surface area contributed by atoms with Gasteiger partial charge in [-0.15, -0.1) is 0 Å². The molecular formula is C10H21N. The number of rotatable bonds is 2. The van der Waals surface area contributed by atoms with Crippen molar-refractivity contribution in [1.82, 2.24) is 0 Å². The molecule has 1 heteroatoms. The van der Waals surface area contributed by atoms with Crippen LogP contribution in [0.15, 0.2) is 0 Å². The molecule has 1 rings (SSSR count). The minimum absolute atomic E-state index is 0.499. The van der Waals surface area contributed by atoms with Gasteiger partial charge in [0.05, 0.1) is 0 Å². The van der Waals surface area contributed by atoms with Crippen molar-refractivity contribution in [3.8, 4) is 0 Å². The van der Waals surface area contributed by atoms with E-state index < -0.39 is 0 Å². The fourth-order valence-electron chi connectivity index (χ4n) is 2.54. The van der Waals surface area contributed by atoms with E-state index in [0.717, 1.165) is 11.8 Å². The summed E-state index contributed by atoms with van der Waals surface area (Å²) < 4.78 is 0. The molecule has 0 aliphatic heterocycles. The fourth-order valence-corrected chi connectivity index (χ4v) is 2.54. The predicted octanol–water partition coefficient (Wildman–Crippen LogP) is 2.55. The van der Waals surface area contributed by atoms with E-state index in [1.165, 1.54) is 32.1 Å². The third kappa shape index (κ3) is 1.96. The molecule has 66 valence electrons. The maximum Gasteiger partial charge on any atom is 0.00697 e. The van der Waals surface area contributed by atoms with Gasteiger partial charge in [0.2, 0.25) is 0 Å². The molecule has 1 aliphatic carbocycles. The number of hydrogen-bond donors (Lipinski definition) is 1. The van der Waals surface area contributed by atoms with Crippen LogP contribution in [-0.4, -0.2) is 6.04 Å².